The quantitative estimate of drug-likeness (QED) is 0.752. The fourth-order valence-electron chi connectivity index (χ4n) is 5.40. The third kappa shape index (κ3) is 5.48. The van der Waals surface area contributed by atoms with E-state index in [4.69, 9.17) is 0 Å². The van der Waals surface area contributed by atoms with E-state index in [1.165, 1.54) is 32.1 Å². The highest BCUT2D eigenvalue weighted by atomic mass is 16.4. The summed E-state index contributed by atoms with van der Waals surface area (Å²) in [6.45, 7) is 3.03. The lowest BCUT2D eigenvalue weighted by molar-refractivity contribution is -0.150. The number of piperidine rings is 1. The first-order valence-electron chi connectivity index (χ1n) is 11.2. The van der Waals surface area contributed by atoms with Gasteiger partial charge in [-0.25, -0.2) is 0 Å². The molecule has 1 aliphatic heterocycles. The fourth-order valence-corrected chi connectivity index (χ4v) is 5.40. The summed E-state index contributed by atoms with van der Waals surface area (Å²) in [6.07, 6.45) is 10.8. The zero-order valence-electron chi connectivity index (χ0n) is 17.2. The molecule has 28 heavy (non-hydrogen) atoms. The maximum absolute atomic E-state index is 12.9. The van der Waals surface area contributed by atoms with Crippen molar-refractivity contribution in [3.8, 4) is 0 Å². The number of carboxylic acids is 1. The SMILES string of the molecule is CC1CN(C(=O)C2CCC(NC(=O)CC3CCCCC3)CC2)CCC1C(=O)O. The van der Waals surface area contributed by atoms with Crippen LogP contribution in [0.5, 0.6) is 0 Å². The van der Waals surface area contributed by atoms with E-state index in [1.54, 1.807) is 0 Å². The van der Waals surface area contributed by atoms with Gasteiger partial charge >= 0.3 is 5.97 Å². The Bertz CT molecular complexity index is 565. The average Bonchev–Trinajstić information content (AvgIpc) is 2.68. The van der Waals surface area contributed by atoms with Crippen molar-refractivity contribution in [1.82, 2.24) is 10.2 Å². The molecule has 1 heterocycles. The first kappa shape index (κ1) is 21.1. The van der Waals surface area contributed by atoms with E-state index in [-0.39, 0.29) is 35.6 Å². The van der Waals surface area contributed by atoms with Crippen LogP contribution in [-0.2, 0) is 14.4 Å². The number of nitrogens with zero attached hydrogens (tertiary/aromatic N) is 1. The Kier molecular flexibility index (Phi) is 7.36. The van der Waals surface area contributed by atoms with E-state index in [1.807, 2.05) is 11.8 Å². The first-order chi connectivity index (χ1) is 13.4. The predicted octanol–water partition coefficient (Wildman–Crippen LogP) is 3.20. The summed E-state index contributed by atoms with van der Waals surface area (Å²) in [6, 6.07) is 0.205. The molecule has 3 fully saturated rings. The molecule has 0 bridgehead atoms. The molecule has 2 amide bonds. The molecule has 2 unspecified atom stereocenters. The Balaban J connectivity index is 1.39. The second-order valence-corrected chi connectivity index (χ2v) is 9.32. The molecule has 2 saturated carbocycles. The van der Waals surface area contributed by atoms with Gasteiger partial charge in [-0.2, -0.15) is 0 Å². The van der Waals surface area contributed by atoms with Crippen LogP contribution in [0, 0.1) is 23.7 Å². The molecule has 6 nitrogen and oxygen atoms in total. The summed E-state index contributed by atoms with van der Waals surface area (Å²) < 4.78 is 0. The number of rotatable bonds is 5. The van der Waals surface area contributed by atoms with Crippen molar-refractivity contribution < 1.29 is 19.5 Å². The van der Waals surface area contributed by atoms with E-state index in [9.17, 15) is 19.5 Å². The number of hydrogen-bond acceptors (Lipinski definition) is 3. The standard InChI is InChI=1S/C22H36N2O4/c1-15-14-24(12-11-19(15)22(27)28)21(26)17-7-9-18(10-8-17)23-20(25)13-16-5-3-2-4-6-16/h15-19H,2-14H2,1H3,(H,23,25)(H,27,28). The Morgan fingerprint density at radius 1 is 0.964 bits per heavy atom. The minimum absolute atomic E-state index is 0.00520. The molecule has 3 aliphatic rings. The van der Waals surface area contributed by atoms with Crippen molar-refractivity contribution in [3.63, 3.8) is 0 Å². The van der Waals surface area contributed by atoms with E-state index >= 15 is 0 Å². The molecular formula is C22H36N2O4. The van der Waals surface area contributed by atoms with E-state index in [0.29, 0.717) is 31.8 Å². The van der Waals surface area contributed by atoms with Gasteiger partial charge < -0.3 is 15.3 Å². The Morgan fingerprint density at radius 2 is 1.64 bits per heavy atom. The van der Waals surface area contributed by atoms with Crippen molar-refractivity contribution in [3.05, 3.63) is 0 Å². The lowest BCUT2D eigenvalue weighted by atomic mass is 9.82. The Hall–Kier alpha value is -1.59. The van der Waals surface area contributed by atoms with Gasteiger partial charge in [0.25, 0.3) is 0 Å². The van der Waals surface area contributed by atoms with Gasteiger partial charge in [0.05, 0.1) is 5.92 Å². The van der Waals surface area contributed by atoms with Crippen molar-refractivity contribution in [1.29, 1.82) is 0 Å². The highest BCUT2D eigenvalue weighted by Crippen LogP contribution is 2.30. The van der Waals surface area contributed by atoms with Crippen LogP contribution >= 0.6 is 0 Å². The van der Waals surface area contributed by atoms with Gasteiger partial charge in [0, 0.05) is 31.5 Å². The lowest BCUT2D eigenvalue weighted by Gasteiger charge is -2.38. The molecule has 158 valence electrons. The number of carbonyl (C=O) groups excluding carboxylic acids is 2. The van der Waals surface area contributed by atoms with E-state index in [2.05, 4.69) is 5.32 Å². The molecule has 2 aliphatic carbocycles. The minimum atomic E-state index is -0.746. The first-order valence-corrected chi connectivity index (χ1v) is 11.2. The minimum Gasteiger partial charge on any atom is -0.481 e. The highest BCUT2D eigenvalue weighted by molar-refractivity contribution is 5.80. The van der Waals surface area contributed by atoms with Crippen LogP contribution < -0.4 is 5.32 Å². The second-order valence-electron chi connectivity index (χ2n) is 9.32. The number of hydrogen-bond donors (Lipinski definition) is 2. The molecule has 3 rings (SSSR count). The van der Waals surface area contributed by atoms with Crippen LogP contribution in [0.2, 0.25) is 0 Å². The summed E-state index contributed by atoms with van der Waals surface area (Å²) in [5.74, 6) is -0.120. The topological polar surface area (TPSA) is 86.7 Å². The normalized spacial score (nSPS) is 32.0. The number of carbonyl (C=O) groups is 3. The lowest BCUT2D eigenvalue weighted by Crippen LogP contribution is -2.48. The number of carboxylic acid groups (broad SMARTS) is 1. The van der Waals surface area contributed by atoms with Crippen molar-refractivity contribution >= 4 is 17.8 Å². The zero-order chi connectivity index (χ0) is 20.1. The van der Waals surface area contributed by atoms with Gasteiger partial charge in [-0.3, -0.25) is 14.4 Å². The summed E-state index contributed by atoms with van der Waals surface area (Å²) in [7, 11) is 0. The maximum atomic E-state index is 12.9. The van der Waals surface area contributed by atoms with Crippen molar-refractivity contribution in [2.24, 2.45) is 23.7 Å². The van der Waals surface area contributed by atoms with Crippen molar-refractivity contribution in [2.75, 3.05) is 13.1 Å². The third-order valence-corrected chi connectivity index (χ3v) is 7.17. The zero-order valence-corrected chi connectivity index (χ0v) is 17.2. The molecule has 0 aromatic rings. The molecule has 0 aromatic carbocycles. The number of nitrogens with one attached hydrogen (secondary N) is 1. The monoisotopic (exact) mass is 392 g/mol. The molecule has 2 atom stereocenters. The fraction of sp³-hybridized carbons (Fsp3) is 0.864. The van der Waals surface area contributed by atoms with E-state index < -0.39 is 5.97 Å². The summed E-state index contributed by atoms with van der Waals surface area (Å²) in [5.41, 5.74) is 0. The molecule has 0 spiro atoms. The van der Waals surface area contributed by atoms with Gasteiger partial charge in [0.15, 0.2) is 0 Å². The van der Waals surface area contributed by atoms with Crippen LogP contribution in [0.15, 0.2) is 0 Å². The molecular weight excluding hydrogens is 356 g/mol. The van der Waals surface area contributed by atoms with Crippen LogP contribution in [0.25, 0.3) is 0 Å². The maximum Gasteiger partial charge on any atom is 0.306 e. The predicted molar refractivity (Wildman–Crippen MR) is 107 cm³/mol. The van der Waals surface area contributed by atoms with Gasteiger partial charge in [0.1, 0.15) is 0 Å². The summed E-state index contributed by atoms with van der Waals surface area (Å²) in [4.78, 5) is 38.3. The van der Waals surface area contributed by atoms with Crippen LogP contribution in [0.4, 0.5) is 0 Å². The van der Waals surface area contributed by atoms with Crippen LogP contribution in [-0.4, -0.2) is 46.9 Å². The molecule has 2 N–H and O–H groups in total. The number of amides is 2. The Morgan fingerprint density at radius 3 is 2.25 bits per heavy atom. The molecule has 6 heteroatoms. The molecule has 1 saturated heterocycles. The average molecular weight is 393 g/mol. The number of likely N-dealkylation sites (tertiary alicyclic amines) is 1. The smallest absolute Gasteiger partial charge is 0.306 e. The number of aliphatic carboxylic acids is 1. The second kappa shape index (κ2) is 9.75. The van der Waals surface area contributed by atoms with Gasteiger partial charge in [-0.1, -0.05) is 26.2 Å². The Labute approximate surface area is 168 Å². The largest absolute Gasteiger partial charge is 0.481 e. The molecule has 0 aromatic heterocycles. The van der Waals surface area contributed by atoms with Gasteiger partial charge in [0.2, 0.25) is 11.8 Å². The van der Waals surface area contributed by atoms with Gasteiger partial charge in [-0.05, 0) is 56.8 Å². The summed E-state index contributed by atoms with van der Waals surface area (Å²) >= 11 is 0. The van der Waals surface area contributed by atoms with Gasteiger partial charge in [-0.15, -0.1) is 0 Å². The van der Waals surface area contributed by atoms with Crippen LogP contribution in [0.1, 0.15) is 77.6 Å². The van der Waals surface area contributed by atoms with Crippen LogP contribution in [0.3, 0.4) is 0 Å². The van der Waals surface area contributed by atoms with E-state index in [0.717, 1.165) is 25.7 Å². The molecule has 0 radical (unpaired) electrons. The third-order valence-electron chi connectivity index (χ3n) is 7.17. The highest BCUT2D eigenvalue weighted by Gasteiger charge is 2.36. The van der Waals surface area contributed by atoms with Crippen molar-refractivity contribution in [2.45, 2.75) is 83.6 Å². The summed E-state index contributed by atoms with van der Waals surface area (Å²) in [5, 5.41) is 12.5.